The summed E-state index contributed by atoms with van der Waals surface area (Å²) in [5.41, 5.74) is 1.98. The molecule has 0 amide bonds. The van der Waals surface area contributed by atoms with Crippen LogP contribution in [0.3, 0.4) is 0 Å². The standard InChI is InChI=1S/C28H17Cl4N13O13S4/c29-23-36-24(30)39-27(38-23)34-12-7-10(1-3-14(12)59(47,48)49)42-44-20-16(61(53,54)55)5-9-6-17(62(56,57)58)21(22(46)18(9)19(20)33)45-43-11-2-4-15(60(50,51)52)13(8-11)35-28-40-25(31)37-26(32)41-28/h1-8,46H,33H2,(H,47,48,49)(H,50,51,52)(H,53,54,55)(H,56,57,58)(H,34,36,38,39)(H,35,37,40,41)/b44-42+,45-43+. The van der Waals surface area contributed by atoms with Crippen LogP contribution in [0.4, 0.5) is 51.7 Å². The number of nitrogens with two attached hydrogens (primary N) is 1. The molecule has 0 saturated carbocycles. The fraction of sp³-hybridized carbons (Fsp3) is 0. The fourth-order valence-electron chi connectivity index (χ4n) is 5.13. The third kappa shape index (κ3) is 10.3. The van der Waals surface area contributed by atoms with E-state index in [2.05, 4.69) is 61.0 Å². The third-order valence-corrected chi connectivity index (χ3v) is 11.8. The lowest BCUT2D eigenvalue weighted by atomic mass is 10.1. The van der Waals surface area contributed by atoms with Crippen LogP contribution in [0.15, 0.2) is 88.6 Å². The number of aromatic hydroxyl groups is 1. The topological polar surface area (TPSA) is 415 Å². The maximum Gasteiger partial charge on any atom is 0.296 e. The molecule has 0 aliphatic heterocycles. The number of nitrogens with zero attached hydrogens (tertiary/aromatic N) is 10. The Bertz CT molecular complexity index is 3150. The molecule has 6 rings (SSSR count). The normalized spacial score (nSPS) is 12.7. The van der Waals surface area contributed by atoms with Crippen molar-refractivity contribution in [2.75, 3.05) is 16.4 Å². The number of azo groups is 2. The predicted octanol–water partition coefficient (Wildman–Crippen LogP) is 6.42. The van der Waals surface area contributed by atoms with Gasteiger partial charge >= 0.3 is 0 Å². The Kier molecular flexibility index (Phi) is 12.5. The Balaban J connectivity index is 1.50. The molecule has 6 aromatic rings. The van der Waals surface area contributed by atoms with E-state index in [1.165, 1.54) is 0 Å². The number of aromatic nitrogens is 6. The highest BCUT2D eigenvalue weighted by molar-refractivity contribution is 7.86. The van der Waals surface area contributed by atoms with Crippen molar-refractivity contribution in [2.24, 2.45) is 20.5 Å². The number of nitrogens with one attached hydrogen (secondary N) is 2. The lowest BCUT2D eigenvalue weighted by molar-refractivity contribution is 0.472. The average molecular weight is 1010 g/mol. The van der Waals surface area contributed by atoms with Crippen LogP contribution in [-0.2, 0) is 40.5 Å². The summed E-state index contributed by atoms with van der Waals surface area (Å²) >= 11 is 23.1. The highest BCUT2D eigenvalue weighted by Crippen LogP contribution is 2.48. The molecule has 0 spiro atoms. The summed E-state index contributed by atoms with van der Waals surface area (Å²) < 4.78 is 139. The molecular weight excluding hydrogens is 996 g/mol. The molecule has 324 valence electrons. The van der Waals surface area contributed by atoms with Gasteiger partial charge in [0.2, 0.25) is 33.0 Å². The van der Waals surface area contributed by atoms with Crippen molar-refractivity contribution in [3.63, 3.8) is 0 Å². The van der Waals surface area contributed by atoms with E-state index >= 15 is 0 Å². The molecule has 0 fully saturated rings. The van der Waals surface area contributed by atoms with Crippen molar-refractivity contribution in [3.8, 4) is 5.75 Å². The molecule has 4 aromatic carbocycles. The number of rotatable bonds is 12. The lowest BCUT2D eigenvalue weighted by Crippen LogP contribution is -2.06. The summed E-state index contributed by atoms with van der Waals surface area (Å²) in [7, 11) is -20.6. The molecule has 0 aliphatic rings. The van der Waals surface area contributed by atoms with Crippen LogP contribution in [0.1, 0.15) is 0 Å². The molecule has 34 heteroatoms. The predicted molar refractivity (Wildman–Crippen MR) is 217 cm³/mol. The van der Waals surface area contributed by atoms with Crippen molar-refractivity contribution >= 4 is 149 Å². The van der Waals surface area contributed by atoms with Crippen LogP contribution in [0.2, 0.25) is 21.1 Å². The highest BCUT2D eigenvalue weighted by atomic mass is 35.5. The Labute approximate surface area is 366 Å². The van der Waals surface area contributed by atoms with E-state index in [0.29, 0.717) is 12.1 Å². The molecule has 0 atom stereocenters. The second-order valence-corrected chi connectivity index (χ2v) is 18.5. The van der Waals surface area contributed by atoms with Crippen LogP contribution in [0.25, 0.3) is 10.8 Å². The number of hydrogen-bond acceptors (Lipinski definition) is 22. The summed E-state index contributed by atoms with van der Waals surface area (Å²) in [6.07, 6.45) is 0. The SMILES string of the molecule is Nc1c(/N=N/c2ccc(S(=O)(=O)O)c(Nc3nc(Cl)nc(Cl)n3)c2)c(S(=O)(=O)O)cc2cc(S(=O)(=O)O)c(/N=N/c3ccc(S(=O)(=O)O)c(Nc4nc(Cl)nc(Cl)n4)c3)c(O)c12. The molecule has 0 bridgehead atoms. The molecule has 26 nitrogen and oxygen atoms in total. The summed E-state index contributed by atoms with van der Waals surface area (Å²) in [4.78, 5) is 18.1. The number of benzene rings is 4. The van der Waals surface area contributed by atoms with E-state index in [-0.39, 0.29) is 11.4 Å². The van der Waals surface area contributed by atoms with Gasteiger partial charge in [-0.05, 0) is 100 Å². The van der Waals surface area contributed by atoms with Crippen molar-refractivity contribution in [1.82, 2.24) is 29.9 Å². The zero-order valence-electron chi connectivity index (χ0n) is 29.3. The van der Waals surface area contributed by atoms with E-state index in [1.54, 1.807) is 0 Å². The monoisotopic (exact) mass is 1010 g/mol. The smallest absolute Gasteiger partial charge is 0.296 e. The minimum Gasteiger partial charge on any atom is -0.505 e. The maximum absolute atomic E-state index is 12.6. The number of nitrogen functional groups attached to an aromatic ring is 1. The molecule has 2 aromatic heterocycles. The maximum atomic E-state index is 12.6. The average Bonchev–Trinajstić information content (AvgIpc) is 3.11. The van der Waals surface area contributed by atoms with Gasteiger partial charge in [0.05, 0.1) is 33.8 Å². The second kappa shape index (κ2) is 16.9. The van der Waals surface area contributed by atoms with Crippen molar-refractivity contribution < 1.29 is 57.0 Å². The minimum atomic E-state index is -5.37. The third-order valence-electron chi connectivity index (χ3n) is 7.54. The first-order valence-electron chi connectivity index (χ1n) is 15.5. The van der Waals surface area contributed by atoms with Gasteiger partial charge in [0, 0.05) is 0 Å². The summed E-state index contributed by atoms with van der Waals surface area (Å²) in [6.45, 7) is 0. The van der Waals surface area contributed by atoms with Gasteiger partial charge in [-0.2, -0.15) is 73.8 Å². The Hall–Kier alpha value is -5.64. The van der Waals surface area contributed by atoms with Gasteiger partial charge in [0.15, 0.2) is 5.75 Å². The van der Waals surface area contributed by atoms with E-state index in [1.807, 2.05) is 0 Å². The number of fused-ring (bicyclic) bond motifs is 1. The van der Waals surface area contributed by atoms with E-state index in [9.17, 15) is 57.0 Å². The number of halogens is 4. The van der Waals surface area contributed by atoms with Crippen molar-refractivity contribution in [3.05, 3.63) is 69.7 Å². The van der Waals surface area contributed by atoms with Gasteiger partial charge < -0.3 is 21.5 Å². The molecule has 0 aliphatic carbocycles. The molecular formula is C28H17Cl4N13O13S4. The van der Waals surface area contributed by atoms with E-state index in [4.69, 9.17) is 52.1 Å². The first-order chi connectivity index (χ1) is 28.7. The molecule has 0 radical (unpaired) electrons. The van der Waals surface area contributed by atoms with Crippen molar-refractivity contribution in [2.45, 2.75) is 19.6 Å². The highest BCUT2D eigenvalue weighted by Gasteiger charge is 2.28. The second-order valence-electron chi connectivity index (χ2n) is 11.6. The number of phenolic OH excluding ortho intramolecular Hbond substituents is 1. The summed E-state index contributed by atoms with van der Waals surface area (Å²) in [5.74, 6) is -2.00. The molecule has 0 unspecified atom stereocenters. The lowest BCUT2D eigenvalue weighted by Gasteiger charge is -2.14. The van der Waals surface area contributed by atoms with Crippen LogP contribution in [-0.4, -0.2) is 86.9 Å². The summed E-state index contributed by atoms with van der Waals surface area (Å²) in [5, 5.41) is 28.6. The Morgan fingerprint density at radius 1 is 0.500 bits per heavy atom. The quantitative estimate of drug-likeness (QED) is 0.0372. The first-order valence-corrected chi connectivity index (χ1v) is 22.8. The van der Waals surface area contributed by atoms with Crippen LogP contribution in [0, 0.1) is 0 Å². The minimum absolute atomic E-state index is 0.303. The van der Waals surface area contributed by atoms with Gasteiger partial charge in [0.1, 0.15) is 31.0 Å². The zero-order valence-corrected chi connectivity index (χ0v) is 35.6. The molecule has 0 saturated heterocycles. The largest absolute Gasteiger partial charge is 0.505 e. The molecule has 62 heavy (non-hydrogen) atoms. The van der Waals surface area contributed by atoms with Crippen LogP contribution < -0.4 is 16.4 Å². The number of phenols is 1. The van der Waals surface area contributed by atoms with E-state index < -0.39 is 138 Å². The number of anilines is 5. The van der Waals surface area contributed by atoms with Gasteiger partial charge in [-0.15, -0.1) is 10.2 Å². The van der Waals surface area contributed by atoms with Crippen molar-refractivity contribution in [1.29, 1.82) is 0 Å². The van der Waals surface area contributed by atoms with Crippen LogP contribution >= 0.6 is 46.4 Å². The summed E-state index contributed by atoms with van der Waals surface area (Å²) in [6, 6.07) is 6.64. The number of hydrogen-bond donors (Lipinski definition) is 8. The fourth-order valence-corrected chi connectivity index (χ4v) is 8.44. The Morgan fingerprint density at radius 3 is 1.23 bits per heavy atom. The Morgan fingerprint density at radius 2 is 0.855 bits per heavy atom. The van der Waals surface area contributed by atoms with Gasteiger partial charge in [-0.25, -0.2) is 0 Å². The van der Waals surface area contributed by atoms with Crippen LogP contribution in [0.5, 0.6) is 5.75 Å². The van der Waals surface area contributed by atoms with Gasteiger partial charge in [-0.3, -0.25) is 18.2 Å². The van der Waals surface area contributed by atoms with Gasteiger partial charge in [0.25, 0.3) is 40.5 Å². The first kappa shape index (κ1) is 45.9. The zero-order chi connectivity index (χ0) is 45.7. The molecule has 9 N–H and O–H groups in total. The molecule has 2 heterocycles. The van der Waals surface area contributed by atoms with Gasteiger partial charge in [-0.1, -0.05) is 0 Å². The van der Waals surface area contributed by atoms with E-state index in [0.717, 1.165) is 36.4 Å².